The summed E-state index contributed by atoms with van der Waals surface area (Å²) in [6.45, 7) is 1.27. The highest BCUT2D eigenvalue weighted by atomic mass is 16.7. The second-order valence-electron chi connectivity index (χ2n) is 5.62. The lowest BCUT2D eigenvalue weighted by Crippen LogP contribution is -2.60. The molecule has 5 atom stereocenters. The number of ether oxygens (including phenoxy) is 2. The smallest absolute Gasteiger partial charge is 0.229 e. The molecule has 0 radical (unpaired) electrons. The van der Waals surface area contributed by atoms with E-state index in [-0.39, 0.29) is 6.61 Å². The van der Waals surface area contributed by atoms with E-state index in [1.807, 2.05) is 13.0 Å². The molecule has 7 heteroatoms. The first-order valence-corrected chi connectivity index (χ1v) is 7.72. The molecule has 1 aliphatic heterocycles. The van der Waals surface area contributed by atoms with Gasteiger partial charge in [-0.25, -0.2) is 0 Å². The van der Waals surface area contributed by atoms with Gasteiger partial charge in [0.2, 0.25) is 6.29 Å². The number of rotatable bonds is 6. The van der Waals surface area contributed by atoms with Crippen LogP contribution in [0.3, 0.4) is 0 Å². The van der Waals surface area contributed by atoms with Gasteiger partial charge in [0.1, 0.15) is 30.2 Å². The van der Waals surface area contributed by atoms with Crippen LogP contribution >= 0.6 is 0 Å². The van der Waals surface area contributed by atoms with E-state index in [2.05, 4.69) is 0 Å². The van der Waals surface area contributed by atoms with Gasteiger partial charge in [-0.3, -0.25) is 0 Å². The molecule has 0 unspecified atom stereocenters. The molecule has 0 spiro atoms. The molecular weight excluding hydrogens is 304 g/mol. The van der Waals surface area contributed by atoms with Gasteiger partial charge in [0.05, 0.1) is 13.2 Å². The van der Waals surface area contributed by atoms with Crippen LogP contribution in [0.4, 0.5) is 0 Å². The van der Waals surface area contributed by atoms with E-state index in [9.17, 15) is 25.5 Å². The van der Waals surface area contributed by atoms with Crippen LogP contribution in [0.5, 0.6) is 5.75 Å². The Morgan fingerprint density at radius 1 is 1.09 bits per heavy atom. The van der Waals surface area contributed by atoms with Crippen molar-refractivity contribution in [1.82, 2.24) is 0 Å². The molecule has 1 aromatic rings. The lowest BCUT2D eigenvalue weighted by molar-refractivity contribution is -0.277. The first-order chi connectivity index (χ1) is 11.0. The maximum Gasteiger partial charge on any atom is 0.229 e. The predicted molar refractivity (Wildman–Crippen MR) is 80.8 cm³/mol. The fourth-order valence-electron chi connectivity index (χ4n) is 2.69. The van der Waals surface area contributed by atoms with Gasteiger partial charge in [0.25, 0.3) is 0 Å². The molecule has 0 saturated carbocycles. The Balaban J connectivity index is 2.22. The van der Waals surface area contributed by atoms with Gasteiger partial charge < -0.3 is 35.0 Å². The van der Waals surface area contributed by atoms with Crippen LogP contribution in [0.25, 0.3) is 0 Å². The molecule has 7 nitrogen and oxygen atoms in total. The molecular formula is C16H24O7. The first kappa shape index (κ1) is 18.1. The zero-order valence-electron chi connectivity index (χ0n) is 13.0. The molecule has 1 aromatic carbocycles. The van der Waals surface area contributed by atoms with E-state index in [1.54, 1.807) is 12.1 Å². The van der Waals surface area contributed by atoms with Crippen LogP contribution in [0, 0.1) is 0 Å². The van der Waals surface area contributed by atoms with Crippen molar-refractivity contribution < 1.29 is 35.0 Å². The van der Waals surface area contributed by atoms with Crippen molar-refractivity contribution in [3.8, 4) is 5.75 Å². The van der Waals surface area contributed by atoms with Crippen molar-refractivity contribution >= 4 is 0 Å². The van der Waals surface area contributed by atoms with E-state index in [0.717, 1.165) is 18.4 Å². The van der Waals surface area contributed by atoms with Crippen molar-refractivity contribution in [2.75, 3.05) is 6.61 Å². The average Bonchev–Trinajstić information content (AvgIpc) is 2.56. The summed E-state index contributed by atoms with van der Waals surface area (Å²) in [6.07, 6.45) is -5.03. The van der Waals surface area contributed by atoms with Crippen LogP contribution in [0.2, 0.25) is 0 Å². The zero-order valence-corrected chi connectivity index (χ0v) is 13.0. The van der Waals surface area contributed by atoms with Crippen LogP contribution in [0.15, 0.2) is 18.2 Å². The summed E-state index contributed by atoms with van der Waals surface area (Å²) >= 11 is 0. The highest BCUT2D eigenvalue weighted by Gasteiger charge is 2.44. The van der Waals surface area contributed by atoms with Crippen LogP contribution in [-0.4, -0.2) is 62.8 Å². The molecule has 130 valence electrons. The molecule has 0 aliphatic carbocycles. The van der Waals surface area contributed by atoms with Gasteiger partial charge >= 0.3 is 0 Å². The van der Waals surface area contributed by atoms with Gasteiger partial charge in [0, 0.05) is 5.56 Å². The second-order valence-corrected chi connectivity index (χ2v) is 5.62. The molecule has 0 amide bonds. The fraction of sp³-hybridized carbons (Fsp3) is 0.625. The number of aliphatic hydroxyl groups is 5. The molecule has 1 fully saturated rings. The van der Waals surface area contributed by atoms with Crippen molar-refractivity contribution in [1.29, 1.82) is 0 Å². The van der Waals surface area contributed by atoms with Crippen LogP contribution in [0.1, 0.15) is 24.5 Å². The van der Waals surface area contributed by atoms with Crippen molar-refractivity contribution in [3.63, 3.8) is 0 Å². The number of hydrogen-bond donors (Lipinski definition) is 5. The summed E-state index contributed by atoms with van der Waals surface area (Å²) < 4.78 is 10.9. The van der Waals surface area contributed by atoms with Gasteiger partial charge in [-0.1, -0.05) is 25.5 Å². The lowest BCUT2D eigenvalue weighted by Gasteiger charge is -2.39. The number of aliphatic hydroxyl groups excluding tert-OH is 5. The predicted octanol–water partition coefficient (Wildman–Crippen LogP) is -0.690. The third-order valence-corrected chi connectivity index (χ3v) is 4.00. The van der Waals surface area contributed by atoms with E-state index in [4.69, 9.17) is 9.47 Å². The first-order valence-electron chi connectivity index (χ1n) is 7.72. The molecule has 23 heavy (non-hydrogen) atoms. The Bertz CT molecular complexity index is 505. The minimum Gasteiger partial charge on any atom is -0.462 e. The SMILES string of the molecule is CCCc1cccc(O[C@H]2O[C@H](CO)[C@@H](O)[C@H](O)[C@H]2O)c1CO. The summed E-state index contributed by atoms with van der Waals surface area (Å²) in [5, 5.41) is 48.4. The summed E-state index contributed by atoms with van der Waals surface area (Å²) in [5.41, 5.74) is 1.52. The van der Waals surface area contributed by atoms with Gasteiger partial charge in [0.15, 0.2) is 0 Å². The Morgan fingerprint density at radius 3 is 2.43 bits per heavy atom. The molecule has 5 N–H and O–H groups in total. The monoisotopic (exact) mass is 328 g/mol. The van der Waals surface area contributed by atoms with Crippen LogP contribution < -0.4 is 4.74 Å². The van der Waals surface area contributed by atoms with E-state index in [1.165, 1.54) is 0 Å². The van der Waals surface area contributed by atoms with Crippen molar-refractivity contribution in [2.24, 2.45) is 0 Å². The molecule has 1 aliphatic rings. The van der Waals surface area contributed by atoms with E-state index in [0.29, 0.717) is 11.3 Å². The third kappa shape index (κ3) is 3.82. The fourth-order valence-corrected chi connectivity index (χ4v) is 2.69. The van der Waals surface area contributed by atoms with Gasteiger partial charge in [-0.15, -0.1) is 0 Å². The summed E-state index contributed by atoms with van der Waals surface area (Å²) in [5.74, 6) is 0.336. The number of hydrogen-bond acceptors (Lipinski definition) is 7. The van der Waals surface area contributed by atoms with Crippen molar-refractivity contribution in [2.45, 2.75) is 57.1 Å². The topological polar surface area (TPSA) is 120 Å². The molecule has 1 saturated heterocycles. The highest BCUT2D eigenvalue weighted by Crippen LogP contribution is 2.28. The lowest BCUT2D eigenvalue weighted by atomic mass is 9.99. The van der Waals surface area contributed by atoms with E-state index >= 15 is 0 Å². The zero-order chi connectivity index (χ0) is 17.0. The van der Waals surface area contributed by atoms with E-state index < -0.39 is 37.3 Å². The Labute approximate surface area is 134 Å². The molecule has 1 heterocycles. The normalized spacial score (nSPS) is 31.1. The Morgan fingerprint density at radius 2 is 1.83 bits per heavy atom. The minimum absolute atomic E-state index is 0.233. The molecule has 0 aromatic heterocycles. The van der Waals surface area contributed by atoms with Gasteiger partial charge in [-0.2, -0.15) is 0 Å². The average molecular weight is 328 g/mol. The standard InChI is InChI=1S/C16H24O7/c1-2-4-9-5-3-6-11(10(9)7-17)22-16-15(21)14(20)13(19)12(8-18)23-16/h3,5-6,12-21H,2,4,7-8H2,1H3/t12-,13-,14+,15-,16+/m1/s1. The second kappa shape index (κ2) is 8.05. The maximum absolute atomic E-state index is 10.0. The van der Waals surface area contributed by atoms with Gasteiger partial charge in [-0.05, 0) is 18.1 Å². The Kier molecular flexibility index (Phi) is 6.34. The number of benzene rings is 1. The molecule has 2 rings (SSSR count). The number of aryl methyl sites for hydroxylation is 1. The maximum atomic E-state index is 10.0. The summed E-state index contributed by atoms with van der Waals surface area (Å²) in [6, 6.07) is 5.28. The minimum atomic E-state index is -1.50. The molecule has 0 bridgehead atoms. The summed E-state index contributed by atoms with van der Waals surface area (Å²) in [7, 11) is 0. The van der Waals surface area contributed by atoms with Crippen LogP contribution in [-0.2, 0) is 17.8 Å². The third-order valence-electron chi connectivity index (χ3n) is 4.00. The Hall–Kier alpha value is -1.22. The highest BCUT2D eigenvalue weighted by molar-refractivity contribution is 5.40. The largest absolute Gasteiger partial charge is 0.462 e. The quantitative estimate of drug-likeness (QED) is 0.469. The van der Waals surface area contributed by atoms with Crippen molar-refractivity contribution in [3.05, 3.63) is 29.3 Å². The summed E-state index contributed by atoms with van der Waals surface area (Å²) in [4.78, 5) is 0.